The van der Waals surface area contributed by atoms with E-state index in [1.165, 1.54) is 12.8 Å². The molecular formula is C33H51NO2. The van der Waals surface area contributed by atoms with Crippen LogP contribution in [0.2, 0.25) is 0 Å². The Hall–Kier alpha value is -1.27. The Balaban J connectivity index is 1.59. The molecule has 200 valence electrons. The predicted octanol–water partition coefficient (Wildman–Crippen LogP) is 6.75. The molecule has 2 N–H and O–H groups in total. The van der Waals surface area contributed by atoms with Crippen molar-refractivity contribution in [3.63, 3.8) is 0 Å². The third-order valence-corrected chi connectivity index (χ3v) is 13.8. The lowest BCUT2D eigenvalue weighted by Crippen LogP contribution is -2.66. The van der Waals surface area contributed by atoms with Gasteiger partial charge in [0.2, 0.25) is 5.91 Å². The minimum Gasteiger partial charge on any atom is -0.393 e. The first kappa shape index (κ1) is 26.3. The summed E-state index contributed by atoms with van der Waals surface area (Å²) >= 11 is 0. The average molecular weight is 494 g/mol. The lowest BCUT2D eigenvalue weighted by Gasteiger charge is -2.71. The lowest BCUT2D eigenvalue weighted by molar-refractivity contribution is -0.204. The molecule has 0 aromatic heterocycles. The highest BCUT2D eigenvalue weighted by Crippen LogP contribution is 2.75. The van der Waals surface area contributed by atoms with Crippen LogP contribution < -0.4 is 5.32 Å². The van der Waals surface area contributed by atoms with Crippen LogP contribution in [0.5, 0.6) is 0 Å². The summed E-state index contributed by atoms with van der Waals surface area (Å²) in [5.74, 6) is 5.47. The van der Waals surface area contributed by atoms with E-state index in [9.17, 15) is 9.90 Å². The van der Waals surface area contributed by atoms with Crippen LogP contribution in [0.3, 0.4) is 0 Å². The Morgan fingerprint density at radius 1 is 1.03 bits per heavy atom. The van der Waals surface area contributed by atoms with E-state index in [-0.39, 0.29) is 39.1 Å². The molecule has 0 heterocycles. The van der Waals surface area contributed by atoms with Crippen molar-refractivity contribution in [2.75, 3.05) is 6.54 Å². The van der Waals surface area contributed by atoms with Gasteiger partial charge in [-0.1, -0.05) is 66.0 Å². The Bertz CT molecular complexity index is 990. The number of terminal acetylenes is 1. The fourth-order valence-corrected chi connectivity index (χ4v) is 11.2. The Morgan fingerprint density at radius 3 is 2.44 bits per heavy atom. The normalized spacial score (nSPS) is 51.4. The molecule has 36 heavy (non-hydrogen) atoms. The van der Waals surface area contributed by atoms with Crippen molar-refractivity contribution in [1.82, 2.24) is 5.32 Å². The van der Waals surface area contributed by atoms with Gasteiger partial charge in [0.05, 0.1) is 18.1 Å². The molecule has 3 nitrogen and oxygen atoms in total. The summed E-state index contributed by atoms with van der Waals surface area (Å²) in [6.45, 7) is 17.6. The topological polar surface area (TPSA) is 49.3 Å². The van der Waals surface area contributed by atoms with E-state index in [0.717, 1.165) is 44.9 Å². The van der Waals surface area contributed by atoms with Crippen molar-refractivity contribution in [2.24, 2.45) is 56.7 Å². The van der Waals surface area contributed by atoms with Crippen LogP contribution >= 0.6 is 0 Å². The zero-order valence-corrected chi connectivity index (χ0v) is 24.0. The number of aliphatic hydroxyl groups excluding tert-OH is 1. The third-order valence-electron chi connectivity index (χ3n) is 13.8. The number of amides is 1. The summed E-state index contributed by atoms with van der Waals surface area (Å²) in [5, 5.41) is 14.1. The maximum atomic E-state index is 13.8. The van der Waals surface area contributed by atoms with Crippen LogP contribution in [0.15, 0.2) is 11.6 Å². The molecule has 0 aromatic rings. The van der Waals surface area contributed by atoms with Gasteiger partial charge in [0.15, 0.2) is 0 Å². The van der Waals surface area contributed by atoms with Crippen molar-refractivity contribution >= 4 is 5.91 Å². The maximum absolute atomic E-state index is 13.8. The molecule has 5 aliphatic rings. The fraction of sp³-hybridized carbons (Fsp3) is 0.848. The van der Waals surface area contributed by atoms with E-state index >= 15 is 0 Å². The van der Waals surface area contributed by atoms with E-state index in [1.54, 1.807) is 5.57 Å². The summed E-state index contributed by atoms with van der Waals surface area (Å²) in [6, 6.07) is 0. The molecule has 3 heteroatoms. The van der Waals surface area contributed by atoms with E-state index in [4.69, 9.17) is 6.42 Å². The smallest absolute Gasteiger partial charge is 0.227 e. The van der Waals surface area contributed by atoms with Crippen LogP contribution in [0, 0.1) is 69.0 Å². The average Bonchev–Trinajstić information content (AvgIpc) is 2.83. The second-order valence-corrected chi connectivity index (χ2v) is 15.1. The molecule has 0 radical (unpaired) electrons. The quantitative estimate of drug-likeness (QED) is 0.330. The molecule has 0 aliphatic heterocycles. The summed E-state index contributed by atoms with van der Waals surface area (Å²) in [5.41, 5.74) is 1.88. The summed E-state index contributed by atoms with van der Waals surface area (Å²) in [4.78, 5) is 13.8. The second-order valence-electron chi connectivity index (χ2n) is 15.1. The van der Waals surface area contributed by atoms with Gasteiger partial charge in [-0.25, -0.2) is 0 Å². The van der Waals surface area contributed by atoms with E-state index < -0.39 is 0 Å². The first-order valence-corrected chi connectivity index (χ1v) is 14.9. The Kier molecular flexibility index (Phi) is 6.12. The maximum Gasteiger partial charge on any atom is 0.227 e. The molecule has 5 rings (SSSR count). The number of aliphatic hydroxyl groups is 1. The zero-order chi connectivity index (χ0) is 26.3. The predicted molar refractivity (Wildman–Crippen MR) is 147 cm³/mol. The van der Waals surface area contributed by atoms with Crippen LogP contribution in [-0.2, 0) is 4.79 Å². The standard InChI is InChI=1S/C33H51NO2/c1-9-20-34-28(36)33-17-12-21(2)22(3)27(33)23-10-11-25-30(6)15-14-26(35)29(4,5)24(30)13-16-32(25,8)31(23,7)18-19-33/h1,10,21-22,24-27,35H,11-20H2,2-8H3,(H,34,36)/t21-,22?,24?,25?,26?,27?,30?,31-,32?,33?/m1/s1. The van der Waals surface area contributed by atoms with Crippen molar-refractivity contribution < 1.29 is 9.90 Å². The molecule has 0 saturated heterocycles. The van der Waals surface area contributed by atoms with Gasteiger partial charge in [-0.2, -0.15) is 0 Å². The number of hydrogen-bond donors (Lipinski definition) is 2. The van der Waals surface area contributed by atoms with E-state index in [2.05, 4.69) is 65.8 Å². The molecule has 4 fully saturated rings. The van der Waals surface area contributed by atoms with Gasteiger partial charge in [0, 0.05) is 0 Å². The number of allylic oxidation sites excluding steroid dienone is 2. The van der Waals surface area contributed by atoms with Crippen molar-refractivity contribution in [2.45, 2.75) is 112 Å². The molecule has 8 unspecified atom stereocenters. The largest absolute Gasteiger partial charge is 0.393 e. The summed E-state index contributed by atoms with van der Waals surface area (Å²) in [7, 11) is 0. The first-order chi connectivity index (χ1) is 16.8. The molecule has 1 amide bonds. The Morgan fingerprint density at radius 2 is 1.75 bits per heavy atom. The summed E-state index contributed by atoms with van der Waals surface area (Å²) in [6.07, 6.45) is 17.8. The van der Waals surface area contributed by atoms with Gasteiger partial charge in [-0.15, -0.1) is 6.42 Å². The molecule has 10 atom stereocenters. The molecule has 0 spiro atoms. The monoisotopic (exact) mass is 493 g/mol. The first-order valence-electron chi connectivity index (χ1n) is 14.9. The van der Waals surface area contributed by atoms with Crippen LogP contribution in [0.25, 0.3) is 0 Å². The number of rotatable bonds is 2. The van der Waals surface area contributed by atoms with Gasteiger partial charge in [-0.05, 0) is 109 Å². The number of carbonyl (C=O) groups excluding carboxylic acids is 1. The SMILES string of the molecule is C#CCNC(=O)C12CC[C@@H](C)C(C)C1C1=CCC3C4(C)CCC(O)C(C)(C)C4CCC3(C)[C@]1(C)CC2. The third kappa shape index (κ3) is 3.18. The zero-order valence-electron chi connectivity index (χ0n) is 24.0. The van der Waals surface area contributed by atoms with Crippen LogP contribution in [-0.4, -0.2) is 23.7 Å². The van der Waals surface area contributed by atoms with Crippen LogP contribution in [0.4, 0.5) is 0 Å². The number of nitrogens with one attached hydrogen (secondary N) is 1. The van der Waals surface area contributed by atoms with E-state index in [0.29, 0.717) is 36.1 Å². The number of fused-ring (bicyclic) bond motifs is 7. The van der Waals surface area contributed by atoms with Gasteiger partial charge in [0.25, 0.3) is 0 Å². The highest BCUT2D eigenvalue weighted by molar-refractivity contribution is 5.84. The molecule has 0 bridgehead atoms. The van der Waals surface area contributed by atoms with Crippen LogP contribution in [0.1, 0.15) is 106 Å². The highest BCUT2D eigenvalue weighted by Gasteiger charge is 2.69. The van der Waals surface area contributed by atoms with Crippen molar-refractivity contribution in [1.29, 1.82) is 0 Å². The number of hydrogen-bond acceptors (Lipinski definition) is 2. The fourth-order valence-electron chi connectivity index (χ4n) is 11.2. The van der Waals surface area contributed by atoms with Crippen molar-refractivity contribution in [3.8, 4) is 12.3 Å². The number of carbonyl (C=O) groups is 1. The minimum absolute atomic E-state index is 0.0244. The minimum atomic E-state index is -0.310. The molecule has 4 saturated carbocycles. The lowest BCUT2D eigenvalue weighted by atomic mass is 9.33. The molecular weight excluding hydrogens is 442 g/mol. The highest BCUT2D eigenvalue weighted by atomic mass is 16.3. The molecule has 0 aromatic carbocycles. The second kappa shape index (κ2) is 8.36. The van der Waals surface area contributed by atoms with E-state index in [1.807, 2.05) is 0 Å². The Labute approximate surface area is 220 Å². The van der Waals surface area contributed by atoms with Gasteiger partial charge < -0.3 is 10.4 Å². The molecule has 5 aliphatic carbocycles. The summed E-state index contributed by atoms with van der Waals surface area (Å²) < 4.78 is 0. The van der Waals surface area contributed by atoms with Gasteiger partial charge in [0.1, 0.15) is 0 Å². The van der Waals surface area contributed by atoms with Gasteiger partial charge in [-0.3, -0.25) is 4.79 Å². The van der Waals surface area contributed by atoms with Crippen molar-refractivity contribution in [3.05, 3.63) is 11.6 Å². The van der Waals surface area contributed by atoms with Gasteiger partial charge >= 0.3 is 0 Å².